The lowest BCUT2D eigenvalue weighted by Crippen LogP contribution is -2.22. The maximum atomic E-state index is 13.0. The highest BCUT2D eigenvalue weighted by Gasteiger charge is 2.14. The SMILES string of the molecule is Fc1ccc2nc(NCC3CCOCC3)nn2c1. The van der Waals surface area contributed by atoms with Gasteiger partial charge in [-0.1, -0.05) is 0 Å². The molecular formula is C12H15FN4O. The Kier molecular flexibility index (Phi) is 3.10. The second-order valence-corrected chi connectivity index (χ2v) is 4.52. The Morgan fingerprint density at radius 1 is 1.39 bits per heavy atom. The first kappa shape index (κ1) is 11.4. The van der Waals surface area contributed by atoms with Crippen LogP contribution in [0.15, 0.2) is 18.3 Å². The topological polar surface area (TPSA) is 51.5 Å². The Hall–Kier alpha value is -1.69. The van der Waals surface area contributed by atoms with Crippen molar-refractivity contribution in [3.8, 4) is 0 Å². The molecule has 1 aliphatic rings. The van der Waals surface area contributed by atoms with Crippen molar-refractivity contribution < 1.29 is 9.13 Å². The van der Waals surface area contributed by atoms with Gasteiger partial charge < -0.3 is 10.1 Å². The van der Waals surface area contributed by atoms with Gasteiger partial charge in [-0.25, -0.2) is 8.91 Å². The van der Waals surface area contributed by atoms with E-state index in [2.05, 4.69) is 15.4 Å². The molecule has 1 fully saturated rings. The zero-order valence-electron chi connectivity index (χ0n) is 9.97. The van der Waals surface area contributed by atoms with E-state index in [1.54, 1.807) is 6.07 Å². The summed E-state index contributed by atoms with van der Waals surface area (Å²) in [5.74, 6) is 0.831. The van der Waals surface area contributed by atoms with Crippen LogP contribution in [0.2, 0.25) is 0 Å². The first-order chi connectivity index (χ1) is 8.81. The number of anilines is 1. The summed E-state index contributed by atoms with van der Waals surface area (Å²) in [6, 6.07) is 2.99. The number of pyridine rings is 1. The van der Waals surface area contributed by atoms with Gasteiger partial charge in [0.05, 0.1) is 6.20 Å². The smallest absolute Gasteiger partial charge is 0.243 e. The Labute approximate surface area is 104 Å². The summed E-state index contributed by atoms with van der Waals surface area (Å²) in [5.41, 5.74) is 0.644. The van der Waals surface area contributed by atoms with E-state index in [0.29, 0.717) is 17.5 Å². The van der Waals surface area contributed by atoms with Crippen LogP contribution in [-0.2, 0) is 4.74 Å². The summed E-state index contributed by atoms with van der Waals surface area (Å²) >= 11 is 0. The fourth-order valence-electron chi connectivity index (χ4n) is 2.12. The molecule has 6 heteroatoms. The lowest BCUT2D eigenvalue weighted by Gasteiger charge is -2.21. The van der Waals surface area contributed by atoms with Crippen LogP contribution in [0.1, 0.15) is 12.8 Å². The van der Waals surface area contributed by atoms with E-state index >= 15 is 0 Å². The maximum absolute atomic E-state index is 13.0. The molecule has 1 saturated heterocycles. The van der Waals surface area contributed by atoms with E-state index in [-0.39, 0.29) is 5.82 Å². The van der Waals surface area contributed by atoms with Crippen LogP contribution in [0.3, 0.4) is 0 Å². The summed E-state index contributed by atoms with van der Waals surface area (Å²) in [6.45, 7) is 2.50. The van der Waals surface area contributed by atoms with Crippen LogP contribution >= 0.6 is 0 Å². The van der Waals surface area contributed by atoms with Crippen LogP contribution < -0.4 is 5.32 Å². The lowest BCUT2D eigenvalue weighted by molar-refractivity contribution is 0.0699. The molecule has 0 spiro atoms. The van der Waals surface area contributed by atoms with Gasteiger partial charge in [-0.15, -0.1) is 5.10 Å². The molecule has 0 amide bonds. The minimum absolute atomic E-state index is 0.316. The summed E-state index contributed by atoms with van der Waals surface area (Å²) in [5, 5.41) is 7.38. The van der Waals surface area contributed by atoms with Gasteiger partial charge in [0.15, 0.2) is 5.65 Å². The van der Waals surface area contributed by atoms with Gasteiger partial charge in [0, 0.05) is 19.8 Å². The molecule has 0 saturated carbocycles. The van der Waals surface area contributed by atoms with E-state index in [0.717, 1.165) is 32.6 Å². The van der Waals surface area contributed by atoms with Gasteiger partial charge >= 0.3 is 0 Å². The molecule has 0 radical (unpaired) electrons. The standard InChI is InChI=1S/C12H15FN4O/c13-10-1-2-11-15-12(16-17(11)8-10)14-7-9-3-5-18-6-4-9/h1-2,8-9H,3-7H2,(H,14,16). The monoisotopic (exact) mass is 250 g/mol. The predicted molar refractivity (Wildman–Crippen MR) is 65.0 cm³/mol. The van der Waals surface area contributed by atoms with Crippen LogP contribution in [0.25, 0.3) is 5.65 Å². The van der Waals surface area contributed by atoms with Crippen molar-refractivity contribution in [3.63, 3.8) is 0 Å². The largest absolute Gasteiger partial charge is 0.381 e. The van der Waals surface area contributed by atoms with Crippen molar-refractivity contribution in [2.75, 3.05) is 25.1 Å². The highest BCUT2D eigenvalue weighted by molar-refractivity contribution is 5.43. The zero-order valence-corrected chi connectivity index (χ0v) is 9.97. The molecule has 0 atom stereocenters. The van der Waals surface area contributed by atoms with Gasteiger partial charge in [0.1, 0.15) is 5.82 Å². The van der Waals surface area contributed by atoms with Crippen molar-refractivity contribution in [2.24, 2.45) is 5.92 Å². The Morgan fingerprint density at radius 2 is 2.22 bits per heavy atom. The van der Waals surface area contributed by atoms with E-state index in [4.69, 9.17) is 4.74 Å². The average molecular weight is 250 g/mol. The lowest BCUT2D eigenvalue weighted by atomic mass is 10.0. The summed E-state index contributed by atoms with van der Waals surface area (Å²) in [4.78, 5) is 4.28. The molecule has 0 bridgehead atoms. The number of hydrogen-bond acceptors (Lipinski definition) is 4. The van der Waals surface area contributed by atoms with Gasteiger partial charge in [0.25, 0.3) is 0 Å². The number of rotatable bonds is 3. The number of aromatic nitrogens is 3. The van der Waals surface area contributed by atoms with E-state index in [1.165, 1.54) is 16.8 Å². The number of halogens is 1. The molecule has 2 aromatic rings. The number of fused-ring (bicyclic) bond motifs is 1. The highest BCUT2D eigenvalue weighted by atomic mass is 19.1. The fourth-order valence-corrected chi connectivity index (χ4v) is 2.12. The summed E-state index contributed by atoms with van der Waals surface area (Å²) < 4.78 is 19.8. The van der Waals surface area contributed by atoms with Crippen LogP contribution in [0.4, 0.5) is 10.3 Å². The van der Waals surface area contributed by atoms with Crippen molar-refractivity contribution >= 4 is 11.6 Å². The quantitative estimate of drug-likeness (QED) is 0.901. The van der Waals surface area contributed by atoms with Crippen molar-refractivity contribution in [1.82, 2.24) is 14.6 Å². The number of ether oxygens (including phenoxy) is 1. The summed E-state index contributed by atoms with van der Waals surface area (Å²) in [6.07, 6.45) is 3.45. The normalized spacial score (nSPS) is 17.2. The van der Waals surface area contributed by atoms with Crippen molar-refractivity contribution in [3.05, 3.63) is 24.1 Å². The van der Waals surface area contributed by atoms with Crippen molar-refractivity contribution in [1.29, 1.82) is 0 Å². The molecule has 3 heterocycles. The molecule has 5 nitrogen and oxygen atoms in total. The molecule has 3 rings (SSSR count). The average Bonchev–Trinajstić information content (AvgIpc) is 2.79. The molecule has 18 heavy (non-hydrogen) atoms. The Balaban J connectivity index is 1.67. The minimum Gasteiger partial charge on any atom is -0.381 e. The first-order valence-electron chi connectivity index (χ1n) is 6.15. The third kappa shape index (κ3) is 2.43. The molecule has 2 aromatic heterocycles. The van der Waals surface area contributed by atoms with Crippen molar-refractivity contribution in [2.45, 2.75) is 12.8 Å². The first-order valence-corrected chi connectivity index (χ1v) is 6.15. The van der Waals surface area contributed by atoms with E-state index in [9.17, 15) is 4.39 Å². The Morgan fingerprint density at radius 3 is 3.06 bits per heavy atom. The number of hydrogen-bond donors (Lipinski definition) is 1. The van der Waals surface area contributed by atoms with E-state index in [1.807, 2.05) is 0 Å². The molecule has 0 aliphatic carbocycles. The zero-order chi connectivity index (χ0) is 12.4. The van der Waals surface area contributed by atoms with Gasteiger partial charge in [-0.3, -0.25) is 0 Å². The molecule has 0 unspecified atom stereocenters. The van der Waals surface area contributed by atoms with Crippen LogP contribution in [-0.4, -0.2) is 34.4 Å². The fraction of sp³-hybridized carbons (Fsp3) is 0.500. The van der Waals surface area contributed by atoms with E-state index < -0.39 is 0 Å². The molecule has 0 aromatic carbocycles. The number of nitrogens with one attached hydrogen (secondary N) is 1. The number of nitrogens with zero attached hydrogens (tertiary/aromatic N) is 3. The second kappa shape index (κ2) is 4.89. The minimum atomic E-state index is -0.316. The molecule has 1 aliphatic heterocycles. The molecule has 96 valence electrons. The highest BCUT2D eigenvalue weighted by Crippen LogP contribution is 2.15. The maximum Gasteiger partial charge on any atom is 0.243 e. The predicted octanol–water partition coefficient (Wildman–Crippen LogP) is 1.71. The Bertz CT molecular complexity index is 536. The van der Waals surface area contributed by atoms with Gasteiger partial charge in [-0.05, 0) is 30.9 Å². The third-order valence-corrected chi connectivity index (χ3v) is 3.18. The van der Waals surface area contributed by atoms with Crippen LogP contribution in [0, 0.1) is 11.7 Å². The molecule has 1 N–H and O–H groups in total. The van der Waals surface area contributed by atoms with Gasteiger partial charge in [0.2, 0.25) is 5.95 Å². The third-order valence-electron chi connectivity index (χ3n) is 3.18. The van der Waals surface area contributed by atoms with Crippen LogP contribution in [0.5, 0.6) is 0 Å². The van der Waals surface area contributed by atoms with Gasteiger partial charge in [-0.2, -0.15) is 4.98 Å². The molecular weight excluding hydrogens is 235 g/mol. The second-order valence-electron chi connectivity index (χ2n) is 4.52. The summed E-state index contributed by atoms with van der Waals surface area (Å²) in [7, 11) is 0.